The first-order valence-corrected chi connectivity index (χ1v) is 9.48. The maximum Gasteiger partial charge on any atom is 0.338 e. The summed E-state index contributed by atoms with van der Waals surface area (Å²) in [7, 11) is 1.57. The number of nitrogens with one attached hydrogen (secondary N) is 1. The lowest BCUT2D eigenvalue weighted by molar-refractivity contribution is -0.129. The molecule has 6 nitrogen and oxygen atoms in total. The Bertz CT molecular complexity index is 1010. The average Bonchev–Trinajstić information content (AvgIpc) is 2.78. The average molecular weight is 405 g/mol. The normalized spacial score (nSPS) is 11.4. The van der Waals surface area contributed by atoms with Gasteiger partial charge in [0, 0.05) is 12.1 Å². The SMILES string of the molecule is COc1ccccc1CNC(=O)[C@H](C)OC(=O)c1ccc(-c2ccc(O)cc2)cc1. The molecule has 6 heteroatoms. The largest absolute Gasteiger partial charge is 0.508 e. The van der Waals surface area contributed by atoms with Crippen LogP contribution in [0, 0.1) is 0 Å². The molecule has 3 rings (SSSR count). The zero-order chi connectivity index (χ0) is 21.5. The molecule has 2 N–H and O–H groups in total. The van der Waals surface area contributed by atoms with Gasteiger partial charge in [-0.1, -0.05) is 42.5 Å². The van der Waals surface area contributed by atoms with Crippen LogP contribution in [0.15, 0.2) is 72.8 Å². The van der Waals surface area contributed by atoms with E-state index in [-0.39, 0.29) is 12.3 Å². The van der Waals surface area contributed by atoms with Crippen molar-refractivity contribution in [3.05, 3.63) is 83.9 Å². The van der Waals surface area contributed by atoms with E-state index in [0.29, 0.717) is 11.3 Å². The molecule has 0 heterocycles. The Labute approximate surface area is 175 Å². The monoisotopic (exact) mass is 405 g/mol. The van der Waals surface area contributed by atoms with Crippen LogP contribution < -0.4 is 10.1 Å². The number of para-hydroxylation sites is 1. The minimum atomic E-state index is -0.941. The number of esters is 1. The van der Waals surface area contributed by atoms with E-state index >= 15 is 0 Å². The number of carbonyl (C=O) groups is 2. The van der Waals surface area contributed by atoms with Crippen molar-refractivity contribution in [1.29, 1.82) is 0 Å². The summed E-state index contributed by atoms with van der Waals surface area (Å²) in [4.78, 5) is 24.7. The van der Waals surface area contributed by atoms with Gasteiger partial charge in [-0.15, -0.1) is 0 Å². The minimum absolute atomic E-state index is 0.192. The number of hydrogen-bond acceptors (Lipinski definition) is 5. The van der Waals surface area contributed by atoms with Gasteiger partial charge < -0.3 is 19.9 Å². The molecule has 0 fully saturated rings. The number of phenolic OH excluding ortho intramolecular Hbond substituents is 1. The van der Waals surface area contributed by atoms with Crippen LogP contribution in [-0.2, 0) is 16.1 Å². The third-order valence-electron chi connectivity index (χ3n) is 4.62. The maximum absolute atomic E-state index is 12.4. The molecule has 0 radical (unpaired) electrons. The highest BCUT2D eigenvalue weighted by Crippen LogP contribution is 2.22. The lowest BCUT2D eigenvalue weighted by Crippen LogP contribution is -2.35. The van der Waals surface area contributed by atoms with Gasteiger partial charge in [-0.3, -0.25) is 4.79 Å². The summed E-state index contributed by atoms with van der Waals surface area (Å²) in [6, 6.07) is 21.0. The van der Waals surface area contributed by atoms with Crippen molar-refractivity contribution in [3.63, 3.8) is 0 Å². The van der Waals surface area contributed by atoms with Crippen molar-refractivity contribution in [2.45, 2.75) is 19.6 Å². The Balaban J connectivity index is 1.56. The van der Waals surface area contributed by atoms with Gasteiger partial charge in [0.05, 0.1) is 12.7 Å². The maximum atomic E-state index is 12.4. The quantitative estimate of drug-likeness (QED) is 0.582. The number of ether oxygens (including phenoxy) is 2. The summed E-state index contributed by atoms with van der Waals surface area (Å²) < 4.78 is 10.5. The van der Waals surface area contributed by atoms with E-state index in [1.807, 2.05) is 24.3 Å². The molecule has 30 heavy (non-hydrogen) atoms. The van der Waals surface area contributed by atoms with Gasteiger partial charge >= 0.3 is 5.97 Å². The molecular weight excluding hydrogens is 382 g/mol. The smallest absolute Gasteiger partial charge is 0.338 e. The lowest BCUT2D eigenvalue weighted by atomic mass is 10.0. The van der Waals surface area contributed by atoms with E-state index in [4.69, 9.17) is 9.47 Å². The molecule has 0 unspecified atom stereocenters. The first-order valence-electron chi connectivity index (χ1n) is 9.48. The Morgan fingerprint density at radius 2 is 1.53 bits per heavy atom. The van der Waals surface area contributed by atoms with Crippen molar-refractivity contribution in [2.24, 2.45) is 0 Å². The molecule has 0 saturated heterocycles. The summed E-state index contributed by atoms with van der Waals surface area (Å²) >= 11 is 0. The van der Waals surface area contributed by atoms with Gasteiger partial charge in [0.1, 0.15) is 11.5 Å². The molecule has 1 atom stereocenters. The Hall–Kier alpha value is -3.80. The van der Waals surface area contributed by atoms with Gasteiger partial charge in [0.15, 0.2) is 6.10 Å². The Morgan fingerprint density at radius 1 is 0.933 bits per heavy atom. The van der Waals surface area contributed by atoms with Gasteiger partial charge in [-0.05, 0) is 48.4 Å². The highest BCUT2D eigenvalue weighted by molar-refractivity contribution is 5.92. The molecule has 154 valence electrons. The number of amides is 1. The number of methoxy groups -OCH3 is 1. The second-order valence-electron chi connectivity index (χ2n) is 6.70. The van der Waals surface area contributed by atoms with Gasteiger partial charge in [-0.25, -0.2) is 4.79 Å². The molecule has 3 aromatic rings. The van der Waals surface area contributed by atoms with E-state index in [0.717, 1.165) is 16.7 Å². The fraction of sp³-hybridized carbons (Fsp3) is 0.167. The summed E-state index contributed by atoms with van der Waals surface area (Å²) in [6.07, 6.45) is -0.941. The van der Waals surface area contributed by atoms with E-state index in [1.165, 1.54) is 6.92 Å². The lowest BCUT2D eigenvalue weighted by Gasteiger charge is -2.15. The molecule has 0 bridgehead atoms. The molecule has 0 spiro atoms. The number of aromatic hydroxyl groups is 1. The summed E-state index contributed by atoms with van der Waals surface area (Å²) in [6.45, 7) is 1.80. The summed E-state index contributed by atoms with van der Waals surface area (Å²) in [5, 5.41) is 12.1. The van der Waals surface area contributed by atoms with Gasteiger partial charge in [-0.2, -0.15) is 0 Å². The van der Waals surface area contributed by atoms with Crippen molar-refractivity contribution >= 4 is 11.9 Å². The zero-order valence-electron chi connectivity index (χ0n) is 16.8. The van der Waals surface area contributed by atoms with Crippen LogP contribution in [0.3, 0.4) is 0 Å². The molecule has 1 amide bonds. The van der Waals surface area contributed by atoms with Crippen LogP contribution >= 0.6 is 0 Å². The first-order chi connectivity index (χ1) is 14.5. The molecule has 0 saturated carbocycles. The second-order valence-corrected chi connectivity index (χ2v) is 6.70. The predicted octanol–water partition coefficient (Wildman–Crippen LogP) is 3.93. The van der Waals surface area contributed by atoms with Crippen molar-refractivity contribution in [3.8, 4) is 22.6 Å². The minimum Gasteiger partial charge on any atom is -0.508 e. The van der Waals surface area contributed by atoms with Crippen LogP contribution in [-0.4, -0.2) is 30.2 Å². The topological polar surface area (TPSA) is 84.9 Å². The van der Waals surface area contributed by atoms with Crippen LogP contribution in [0.4, 0.5) is 0 Å². The molecule has 0 aliphatic rings. The van der Waals surface area contributed by atoms with E-state index < -0.39 is 18.0 Å². The third-order valence-corrected chi connectivity index (χ3v) is 4.62. The highest BCUT2D eigenvalue weighted by Gasteiger charge is 2.19. The van der Waals surface area contributed by atoms with Crippen molar-refractivity contribution < 1.29 is 24.2 Å². The fourth-order valence-corrected chi connectivity index (χ4v) is 2.91. The number of phenols is 1. The molecule has 3 aromatic carbocycles. The number of rotatable bonds is 7. The Morgan fingerprint density at radius 3 is 2.17 bits per heavy atom. The van der Waals surface area contributed by atoms with Crippen LogP contribution in [0.1, 0.15) is 22.8 Å². The van der Waals surface area contributed by atoms with Gasteiger partial charge in [0.25, 0.3) is 5.91 Å². The van der Waals surface area contributed by atoms with Crippen LogP contribution in [0.25, 0.3) is 11.1 Å². The van der Waals surface area contributed by atoms with Gasteiger partial charge in [0.2, 0.25) is 0 Å². The number of hydrogen-bond donors (Lipinski definition) is 2. The Kier molecular flexibility index (Phi) is 6.70. The molecule has 0 aliphatic carbocycles. The predicted molar refractivity (Wildman–Crippen MR) is 113 cm³/mol. The van der Waals surface area contributed by atoms with Crippen LogP contribution in [0.2, 0.25) is 0 Å². The standard InChI is InChI=1S/C24H23NO5/c1-16(23(27)25-15-20-5-3-4-6-22(20)29-2)30-24(28)19-9-7-17(8-10-19)18-11-13-21(26)14-12-18/h3-14,16,26H,15H2,1-2H3,(H,25,27)/t16-/m0/s1. The summed E-state index contributed by atoms with van der Waals surface area (Å²) in [5.41, 5.74) is 2.99. The van der Waals surface area contributed by atoms with E-state index in [9.17, 15) is 14.7 Å². The third kappa shape index (κ3) is 5.17. The van der Waals surface area contributed by atoms with Crippen LogP contribution in [0.5, 0.6) is 11.5 Å². The number of benzene rings is 3. The van der Waals surface area contributed by atoms with Crippen molar-refractivity contribution in [2.75, 3.05) is 7.11 Å². The fourth-order valence-electron chi connectivity index (χ4n) is 2.91. The second kappa shape index (κ2) is 9.60. The molecular formula is C24H23NO5. The first kappa shape index (κ1) is 20.9. The van der Waals surface area contributed by atoms with E-state index in [1.54, 1.807) is 55.6 Å². The summed E-state index contributed by atoms with van der Waals surface area (Å²) in [5.74, 6) is -0.102. The number of carbonyl (C=O) groups excluding carboxylic acids is 2. The molecule has 0 aromatic heterocycles. The highest BCUT2D eigenvalue weighted by atomic mass is 16.5. The van der Waals surface area contributed by atoms with Crippen molar-refractivity contribution in [1.82, 2.24) is 5.32 Å². The molecule has 0 aliphatic heterocycles. The zero-order valence-corrected chi connectivity index (χ0v) is 16.8. The van der Waals surface area contributed by atoms with E-state index in [2.05, 4.69) is 5.32 Å².